The predicted molar refractivity (Wildman–Crippen MR) is 75.1 cm³/mol. The van der Waals surface area contributed by atoms with Crippen LogP contribution in [-0.4, -0.2) is 17.6 Å². The molecule has 0 amide bonds. The average Bonchev–Trinajstić information content (AvgIpc) is 2.33. The monoisotopic (exact) mass is 296 g/mol. The van der Waals surface area contributed by atoms with E-state index in [-0.39, 0.29) is 0 Å². The Morgan fingerprint density at radius 2 is 2.29 bits per heavy atom. The number of hydrogen-bond acceptors (Lipinski definition) is 2. The number of pyridine rings is 1. The van der Waals surface area contributed by atoms with E-state index in [1.807, 2.05) is 6.20 Å². The van der Waals surface area contributed by atoms with Crippen LogP contribution < -0.4 is 5.32 Å². The molecular weight excluding hydrogens is 276 g/mol. The first-order valence-electron chi connectivity index (χ1n) is 6.61. The highest BCUT2D eigenvalue weighted by molar-refractivity contribution is 9.10. The molecule has 1 aliphatic rings. The predicted octanol–water partition coefficient (Wildman–Crippen LogP) is 3.55. The Hall–Kier alpha value is -0.410. The minimum absolute atomic E-state index is 0.731. The molecule has 0 aliphatic heterocycles. The van der Waals surface area contributed by atoms with Crippen molar-refractivity contribution in [3.63, 3.8) is 0 Å². The van der Waals surface area contributed by atoms with E-state index in [0.29, 0.717) is 0 Å². The summed E-state index contributed by atoms with van der Waals surface area (Å²) in [6, 6.07) is 4.96. The lowest BCUT2D eigenvalue weighted by Crippen LogP contribution is -2.34. The van der Waals surface area contributed by atoms with Crippen molar-refractivity contribution in [3.05, 3.63) is 28.5 Å². The molecule has 0 saturated heterocycles. The summed E-state index contributed by atoms with van der Waals surface area (Å²) in [5.41, 5.74) is 1.23. The summed E-state index contributed by atoms with van der Waals surface area (Å²) < 4.78 is 1.07. The Bertz CT molecular complexity index is 335. The van der Waals surface area contributed by atoms with Crippen molar-refractivity contribution in [2.45, 2.75) is 45.1 Å². The molecule has 3 heteroatoms. The van der Waals surface area contributed by atoms with Gasteiger partial charge in [-0.15, -0.1) is 0 Å². The quantitative estimate of drug-likeness (QED) is 0.919. The van der Waals surface area contributed by atoms with Crippen molar-refractivity contribution in [1.82, 2.24) is 10.3 Å². The topological polar surface area (TPSA) is 24.9 Å². The minimum Gasteiger partial charge on any atom is -0.314 e. The second-order valence-electron chi connectivity index (χ2n) is 4.96. The van der Waals surface area contributed by atoms with Gasteiger partial charge in [-0.05, 0) is 66.2 Å². The fourth-order valence-corrected chi connectivity index (χ4v) is 3.01. The van der Waals surface area contributed by atoms with Gasteiger partial charge in [0, 0.05) is 22.4 Å². The van der Waals surface area contributed by atoms with E-state index in [0.717, 1.165) is 29.4 Å². The Kier molecular flexibility index (Phi) is 4.99. The Morgan fingerprint density at radius 1 is 1.41 bits per heavy atom. The molecule has 1 N–H and O–H groups in total. The van der Waals surface area contributed by atoms with E-state index < -0.39 is 0 Å². The third kappa shape index (κ3) is 4.07. The smallest absolute Gasteiger partial charge is 0.0413 e. The normalized spacial score (nSPS) is 24.8. The molecule has 1 saturated carbocycles. The maximum absolute atomic E-state index is 4.48. The highest BCUT2D eigenvalue weighted by Crippen LogP contribution is 2.27. The fourth-order valence-electron chi connectivity index (χ4n) is 2.77. The molecule has 1 heterocycles. The molecular formula is C14H21BrN2. The lowest BCUT2D eigenvalue weighted by Gasteiger charge is -2.29. The van der Waals surface area contributed by atoms with Crippen molar-refractivity contribution in [2.75, 3.05) is 6.54 Å². The largest absolute Gasteiger partial charge is 0.314 e. The van der Waals surface area contributed by atoms with Crippen LogP contribution in [-0.2, 0) is 6.42 Å². The van der Waals surface area contributed by atoms with Gasteiger partial charge in [-0.1, -0.05) is 13.3 Å². The fraction of sp³-hybridized carbons (Fsp3) is 0.643. The highest BCUT2D eigenvalue weighted by Gasteiger charge is 2.21. The third-order valence-corrected chi connectivity index (χ3v) is 4.03. The summed E-state index contributed by atoms with van der Waals surface area (Å²) in [7, 11) is 0. The van der Waals surface area contributed by atoms with Crippen molar-refractivity contribution in [1.29, 1.82) is 0 Å². The third-order valence-electron chi connectivity index (χ3n) is 3.56. The van der Waals surface area contributed by atoms with E-state index in [9.17, 15) is 0 Å². The number of nitrogens with zero attached hydrogens (tertiary/aromatic N) is 1. The Labute approximate surface area is 112 Å². The van der Waals surface area contributed by atoms with E-state index in [1.54, 1.807) is 0 Å². The van der Waals surface area contributed by atoms with Gasteiger partial charge in [-0.2, -0.15) is 0 Å². The molecule has 2 rings (SSSR count). The summed E-state index contributed by atoms with van der Waals surface area (Å²) in [6.45, 7) is 3.29. The molecule has 0 radical (unpaired) electrons. The summed E-state index contributed by atoms with van der Waals surface area (Å²) >= 11 is 3.43. The van der Waals surface area contributed by atoms with Gasteiger partial charge in [-0.3, -0.25) is 4.98 Å². The second-order valence-corrected chi connectivity index (χ2v) is 5.87. The van der Waals surface area contributed by atoms with E-state index in [1.165, 1.54) is 31.4 Å². The number of halogens is 1. The zero-order valence-corrected chi connectivity index (χ0v) is 12.0. The summed E-state index contributed by atoms with van der Waals surface area (Å²) in [4.78, 5) is 4.48. The second kappa shape index (κ2) is 6.50. The van der Waals surface area contributed by atoms with Crippen LogP contribution in [0, 0.1) is 5.92 Å². The highest BCUT2D eigenvalue weighted by atomic mass is 79.9. The molecule has 0 bridgehead atoms. The van der Waals surface area contributed by atoms with Gasteiger partial charge in [0.1, 0.15) is 0 Å². The molecule has 1 aliphatic carbocycles. The zero-order valence-electron chi connectivity index (χ0n) is 10.5. The van der Waals surface area contributed by atoms with Crippen molar-refractivity contribution >= 4 is 15.9 Å². The molecule has 94 valence electrons. The molecule has 2 nitrogen and oxygen atoms in total. The van der Waals surface area contributed by atoms with E-state index >= 15 is 0 Å². The standard InChI is InChI=1S/C14H21BrN2/c1-2-16-13-5-3-4-11(8-13)9-14-7-6-12(15)10-17-14/h6-7,10-11,13,16H,2-5,8-9H2,1H3. The van der Waals surface area contributed by atoms with Gasteiger partial charge in [-0.25, -0.2) is 0 Å². The van der Waals surface area contributed by atoms with Gasteiger partial charge in [0.05, 0.1) is 0 Å². The molecule has 0 spiro atoms. The SMILES string of the molecule is CCNC1CCCC(Cc2ccc(Br)cn2)C1. The first-order chi connectivity index (χ1) is 8.28. The first-order valence-corrected chi connectivity index (χ1v) is 7.41. The molecule has 17 heavy (non-hydrogen) atoms. The lowest BCUT2D eigenvalue weighted by atomic mass is 9.83. The van der Waals surface area contributed by atoms with Crippen LogP contribution in [0.25, 0.3) is 0 Å². The molecule has 2 atom stereocenters. The maximum atomic E-state index is 4.48. The van der Waals surface area contributed by atoms with Gasteiger partial charge in [0.15, 0.2) is 0 Å². The summed E-state index contributed by atoms with van der Waals surface area (Å²) in [5, 5.41) is 3.58. The van der Waals surface area contributed by atoms with Crippen LogP contribution in [0.3, 0.4) is 0 Å². The van der Waals surface area contributed by atoms with Gasteiger partial charge in [0.2, 0.25) is 0 Å². The summed E-state index contributed by atoms with van der Waals surface area (Å²) in [6.07, 6.45) is 8.41. The van der Waals surface area contributed by atoms with Crippen LogP contribution >= 0.6 is 15.9 Å². The number of aromatic nitrogens is 1. The molecule has 0 aromatic carbocycles. The molecule has 1 aromatic rings. The van der Waals surface area contributed by atoms with Crippen molar-refractivity contribution in [2.24, 2.45) is 5.92 Å². The molecule has 2 unspecified atom stereocenters. The van der Waals surface area contributed by atoms with Gasteiger partial charge in [0.25, 0.3) is 0 Å². The maximum Gasteiger partial charge on any atom is 0.0413 e. The van der Waals surface area contributed by atoms with Crippen molar-refractivity contribution < 1.29 is 0 Å². The lowest BCUT2D eigenvalue weighted by molar-refractivity contribution is 0.285. The zero-order chi connectivity index (χ0) is 12.1. The molecule has 1 fully saturated rings. The first kappa shape index (κ1) is 13.0. The average molecular weight is 297 g/mol. The number of hydrogen-bond donors (Lipinski definition) is 1. The number of rotatable bonds is 4. The number of nitrogens with one attached hydrogen (secondary N) is 1. The van der Waals surface area contributed by atoms with Gasteiger partial charge < -0.3 is 5.32 Å². The molecule has 1 aromatic heterocycles. The Morgan fingerprint density at radius 3 is 3.00 bits per heavy atom. The minimum atomic E-state index is 0.731. The Balaban J connectivity index is 1.87. The van der Waals surface area contributed by atoms with E-state index in [2.05, 4.69) is 45.3 Å². The van der Waals surface area contributed by atoms with E-state index in [4.69, 9.17) is 0 Å². The van der Waals surface area contributed by atoms with Crippen LogP contribution in [0.2, 0.25) is 0 Å². The van der Waals surface area contributed by atoms with Crippen LogP contribution in [0.4, 0.5) is 0 Å². The van der Waals surface area contributed by atoms with Crippen LogP contribution in [0.15, 0.2) is 22.8 Å². The van der Waals surface area contributed by atoms with Crippen LogP contribution in [0.5, 0.6) is 0 Å². The summed E-state index contributed by atoms with van der Waals surface area (Å²) in [5.74, 6) is 0.807. The van der Waals surface area contributed by atoms with Crippen LogP contribution in [0.1, 0.15) is 38.3 Å². The van der Waals surface area contributed by atoms with Gasteiger partial charge >= 0.3 is 0 Å². The van der Waals surface area contributed by atoms with Crippen molar-refractivity contribution in [3.8, 4) is 0 Å².